The van der Waals surface area contributed by atoms with Gasteiger partial charge >= 0.3 is 5.97 Å². The standard InChI is InChI=1S/C20H17NO5S/c1-25-18(22)12-21-19(23)17(27-20(21)24)11-15-9-5-6-10-16(15)26-13-14-7-3-2-4-8-14/h2-11H,12-13H2,1H3/b17-11-. The van der Waals surface area contributed by atoms with E-state index in [1.165, 1.54) is 7.11 Å². The van der Waals surface area contributed by atoms with Gasteiger partial charge in [-0.25, -0.2) is 0 Å². The average molecular weight is 383 g/mol. The third-order valence-corrected chi connectivity index (χ3v) is 4.74. The van der Waals surface area contributed by atoms with Gasteiger partial charge in [-0.2, -0.15) is 0 Å². The summed E-state index contributed by atoms with van der Waals surface area (Å²) in [5.74, 6) is -0.570. The first-order valence-corrected chi connectivity index (χ1v) is 8.98. The van der Waals surface area contributed by atoms with Gasteiger partial charge in [0.15, 0.2) is 0 Å². The van der Waals surface area contributed by atoms with Crippen LogP contribution in [-0.4, -0.2) is 35.7 Å². The molecule has 6 nitrogen and oxygen atoms in total. The number of carbonyl (C=O) groups excluding carboxylic acids is 3. The molecular formula is C20H17NO5S. The molecule has 2 amide bonds. The monoisotopic (exact) mass is 383 g/mol. The van der Waals surface area contributed by atoms with Crippen LogP contribution in [0.1, 0.15) is 11.1 Å². The highest BCUT2D eigenvalue weighted by Crippen LogP contribution is 2.34. The van der Waals surface area contributed by atoms with E-state index in [1.54, 1.807) is 18.2 Å². The third kappa shape index (κ3) is 4.57. The summed E-state index contributed by atoms with van der Waals surface area (Å²) >= 11 is 0.787. The van der Waals surface area contributed by atoms with Crippen molar-refractivity contribution in [1.29, 1.82) is 0 Å². The minimum absolute atomic E-state index is 0.236. The molecule has 1 fully saturated rings. The van der Waals surface area contributed by atoms with Crippen molar-refractivity contribution >= 4 is 35.0 Å². The molecule has 0 radical (unpaired) electrons. The lowest BCUT2D eigenvalue weighted by atomic mass is 10.1. The highest BCUT2D eigenvalue weighted by molar-refractivity contribution is 8.18. The molecule has 1 aliphatic heterocycles. The summed E-state index contributed by atoms with van der Waals surface area (Å²) < 4.78 is 10.4. The molecule has 0 unspecified atom stereocenters. The normalized spacial score (nSPS) is 15.3. The van der Waals surface area contributed by atoms with Gasteiger partial charge in [-0.05, 0) is 29.5 Å². The van der Waals surface area contributed by atoms with Gasteiger partial charge in [0.25, 0.3) is 11.1 Å². The molecule has 0 aliphatic carbocycles. The molecule has 1 saturated heterocycles. The Morgan fingerprint density at radius 1 is 1.07 bits per heavy atom. The maximum absolute atomic E-state index is 12.4. The number of ether oxygens (including phenoxy) is 2. The van der Waals surface area contributed by atoms with Crippen molar-refractivity contribution < 1.29 is 23.9 Å². The van der Waals surface area contributed by atoms with Crippen LogP contribution < -0.4 is 4.74 Å². The van der Waals surface area contributed by atoms with Gasteiger partial charge in [0.1, 0.15) is 18.9 Å². The summed E-state index contributed by atoms with van der Waals surface area (Å²) in [6.07, 6.45) is 1.60. The first kappa shape index (κ1) is 18.7. The molecule has 27 heavy (non-hydrogen) atoms. The Morgan fingerprint density at radius 3 is 2.52 bits per heavy atom. The largest absolute Gasteiger partial charge is 0.488 e. The van der Waals surface area contributed by atoms with E-state index >= 15 is 0 Å². The number of thioether (sulfide) groups is 1. The van der Waals surface area contributed by atoms with Gasteiger partial charge in [-0.15, -0.1) is 0 Å². The van der Waals surface area contributed by atoms with Crippen LogP contribution in [0.4, 0.5) is 4.79 Å². The van der Waals surface area contributed by atoms with Crippen molar-refractivity contribution in [2.45, 2.75) is 6.61 Å². The van der Waals surface area contributed by atoms with Crippen molar-refractivity contribution in [2.24, 2.45) is 0 Å². The highest BCUT2D eigenvalue weighted by atomic mass is 32.2. The van der Waals surface area contributed by atoms with Gasteiger partial charge in [-0.1, -0.05) is 48.5 Å². The summed E-state index contributed by atoms with van der Waals surface area (Å²) in [5.41, 5.74) is 1.70. The van der Waals surface area contributed by atoms with Crippen molar-refractivity contribution in [3.8, 4) is 5.75 Å². The molecule has 0 spiro atoms. The predicted octanol–water partition coefficient (Wildman–Crippen LogP) is 3.47. The lowest BCUT2D eigenvalue weighted by molar-refractivity contribution is -0.143. The number of esters is 1. The number of benzene rings is 2. The zero-order valence-electron chi connectivity index (χ0n) is 14.6. The number of imide groups is 1. The van der Waals surface area contributed by atoms with E-state index in [1.807, 2.05) is 42.5 Å². The van der Waals surface area contributed by atoms with Gasteiger partial charge in [-0.3, -0.25) is 19.3 Å². The van der Waals surface area contributed by atoms with Crippen LogP contribution in [0.3, 0.4) is 0 Å². The number of rotatable bonds is 6. The third-order valence-electron chi connectivity index (χ3n) is 3.83. The number of methoxy groups -OCH3 is 1. The first-order valence-electron chi connectivity index (χ1n) is 8.16. The Hall–Kier alpha value is -3.06. The van der Waals surface area contributed by atoms with E-state index in [-0.39, 0.29) is 4.91 Å². The van der Waals surface area contributed by atoms with Crippen molar-refractivity contribution in [1.82, 2.24) is 4.90 Å². The molecule has 1 aliphatic rings. The van der Waals surface area contributed by atoms with Crippen LogP contribution in [0.2, 0.25) is 0 Å². The second-order valence-corrected chi connectivity index (χ2v) is 6.65. The summed E-state index contributed by atoms with van der Waals surface area (Å²) in [4.78, 5) is 36.9. The minimum atomic E-state index is -0.648. The fourth-order valence-electron chi connectivity index (χ4n) is 2.44. The zero-order valence-corrected chi connectivity index (χ0v) is 15.4. The second-order valence-electron chi connectivity index (χ2n) is 5.66. The van der Waals surface area contributed by atoms with E-state index in [2.05, 4.69) is 4.74 Å². The molecule has 0 atom stereocenters. The molecule has 7 heteroatoms. The number of nitrogens with zero attached hydrogens (tertiary/aromatic N) is 1. The van der Waals surface area contributed by atoms with Gasteiger partial charge in [0.05, 0.1) is 12.0 Å². The molecule has 0 N–H and O–H groups in total. The second kappa shape index (κ2) is 8.55. The smallest absolute Gasteiger partial charge is 0.325 e. The van der Waals surface area contributed by atoms with E-state index in [4.69, 9.17) is 4.74 Å². The fourth-order valence-corrected chi connectivity index (χ4v) is 3.27. The SMILES string of the molecule is COC(=O)CN1C(=O)S/C(=C\c2ccccc2OCc2ccccc2)C1=O. The Morgan fingerprint density at radius 2 is 1.78 bits per heavy atom. The van der Waals surface area contributed by atoms with Crippen LogP contribution in [0.15, 0.2) is 59.5 Å². The minimum Gasteiger partial charge on any atom is -0.488 e. The summed E-state index contributed by atoms with van der Waals surface area (Å²) in [7, 11) is 1.21. The molecule has 1 heterocycles. The Bertz CT molecular complexity index is 894. The lowest BCUT2D eigenvalue weighted by Crippen LogP contribution is -2.34. The number of amides is 2. The average Bonchev–Trinajstić information content (AvgIpc) is 2.95. The number of carbonyl (C=O) groups is 3. The summed E-state index contributed by atoms with van der Waals surface area (Å²) in [5, 5.41) is -0.501. The molecule has 2 aromatic rings. The van der Waals surface area contributed by atoms with E-state index in [0.29, 0.717) is 17.9 Å². The highest BCUT2D eigenvalue weighted by Gasteiger charge is 2.36. The lowest BCUT2D eigenvalue weighted by Gasteiger charge is -2.10. The zero-order chi connectivity index (χ0) is 19.2. The maximum atomic E-state index is 12.4. The molecule has 3 rings (SSSR count). The first-order chi connectivity index (χ1) is 13.1. The van der Waals surface area contributed by atoms with Gasteiger partial charge in [0.2, 0.25) is 0 Å². The quantitative estimate of drug-likeness (QED) is 0.562. The Kier molecular flexibility index (Phi) is 5.93. The number of hydrogen-bond acceptors (Lipinski definition) is 6. The van der Waals surface area contributed by atoms with Crippen LogP contribution in [-0.2, 0) is 20.9 Å². The summed E-state index contributed by atoms with van der Waals surface area (Å²) in [6, 6.07) is 17.0. The molecule has 0 bridgehead atoms. The Balaban J connectivity index is 1.78. The van der Waals surface area contributed by atoms with E-state index in [9.17, 15) is 14.4 Å². The molecule has 138 valence electrons. The molecule has 2 aromatic carbocycles. The van der Waals surface area contributed by atoms with Crippen molar-refractivity contribution in [3.63, 3.8) is 0 Å². The van der Waals surface area contributed by atoms with Crippen molar-refractivity contribution in [2.75, 3.05) is 13.7 Å². The maximum Gasteiger partial charge on any atom is 0.325 e. The van der Waals surface area contributed by atoms with Gasteiger partial charge < -0.3 is 9.47 Å². The Labute approximate surface area is 160 Å². The van der Waals surface area contributed by atoms with Crippen LogP contribution in [0.5, 0.6) is 5.75 Å². The van der Waals surface area contributed by atoms with Crippen molar-refractivity contribution in [3.05, 3.63) is 70.6 Å². The van der Waals surface area contributed by atoms with Gasteiger partial charge in [0, 0.05) is 5.56 Å². The van der Waals surface area contributed by atoms with E-state index < -0.39 is 23.7 Å². The number of hydrogen-bond donors (Lipinski definition) is 0. The molecule has 0 saturated carbocycles. The van der Waals surface area contributed by atoms with Crippen LogP contribution in [0.25, 0.3) is 6.08 Å². The molecular weight excluding hydrogens is 366 g/mol. The summed E-state index contributed by atoms with van der Waals surface area (Å²) in [6.45, 7) is -0.0137. The van der Waals surface area contributed by atoms with Crippen LogP contribution >= 0.6 is 11.8 Å². The molecule has 0 aromatic heterocycles. The van der Waals surface area contributed by atoms with Crippen LogP contribution in [0, 0.1) is 0 Å². The number of para-hydroxylation sites is 1. The van der Waals surface area contributed by atoms with E-state index in [0.717, 1.165) is 22.2 Å². The fraction of sp³-hybridized carbons (Fsp3) is 0.150. The topological polar surface area (TPSA) is 72.9 Å². The predicted molar refractivity (Wildman–Crippen MR) is 102 cm³/mol.